The number of rotatable bonds is 4. The lowest BCUT2D eigenvalue weighted by atomic mass is 10.00. The van der Waals surface area contributed by atoms with Crippen molar-refractivity contribution in [3.05, 3.63) is 16.6 Å². The van der Waals surface area contributed by atoms with Gasteiger partial charge in [-0.25, -0.2) is 13.4 Å². The van der Waals surface area contributed by atoms with Crippen molar-refractivity contribution in [3.8, 4) is 0 Å². The van der Waals surface area contributed by atoms with Crippen molar-refractivity contribution in [1.82, 2.24) is 4.98 Å². The Morgan fingerprint density at radius 3 is 3.00 bits per heavy atom. The van der Waals surface area contributed by atoms with Crippen LogP contribution in [-0.4, -0.2) is 36.1 Å². The van der Waals surface area contributed by atoms with E-state index < -0.39 is 15.9 Å². The standard InChI is InChI=1S/C10H15NO3S2/c12-9(6-10-11-2-3-15-10)5-8-1-4-16(13,14)7-8/h2-3,8-9,12H,1,4-7H2. The molecule has 1 saturated heterocycles. The molecule has 0 aliphatic carbocycles. The minimum atomic E-state index is -2.83. The van der Waals surface area contributed by atoms with E-state index in [0.717, 1.165) is 5.01 Å². The largest absolute Gasteiger partial charge is 0.393 e. The molecule has 4 nitrogen and oxygen atoms in total. The number of hydrogen-bond acceptors (Lipinski definition) is 5. The Hall–Kier alpha value is -0.460. The zero-order chi connectivity index (χ0) is 11.6. The molecular formula is C10H15NO3S2. The summed E-state index contributed by atoms with van der Waals surface area (Å²) in [6.45, 7) is 0. The zero-order valence-electron chi connectivity index (χ0n) is 8.87. The van der Waals surface area contributed by atoms with Crippen molar-refractivity contribution < 1.29 is 13.5 Å². The fourth-order valence-corrected chi connectivity index (χ4v) is 4.65. The van der Waals surface area contributed by atoms with Crippen LogP contribution in [0.2, 0.25) is 0 Å². The number of thiazole rings is 1. The highest BCUT2D eigenvalue weighted by atomic mass is 32.2. The molecule has 1 aliphatic heterocycles. The summed E-state index contributed by atoms with van der Waals surface area (Å²) >= 11 is 1.52. The number of sulfone groups is 1. The third-order valence-electron chi connectivity index (χ3n) is 2.83. The Morgan fingerprint density at radius 1 is 1.62 bits per heavy atom. The quantitative estimate of drug-likeness (QED) is 0.873. The summed E-state index contributed by atoms with van der Waals surface area (Å²) < 4.78 is 22.5. The topological polar surface area (TPSA) is 67.3 Å². The molecule has 0 radical (unpaired) electrons. The molecule has 2 unspecified atom stereocenters. The Morgan fingerprint density at radius 2 is 2.44 bits per heavy atom. The van der Waals surface area contributed by atoms with E-state index in [4.69, 9.17) is 0 Å². The minimum absolute atomic E-state index is 0.125. The molecule has 2 atom stereocenters. The van der Waals surface area contributed by atoms with E-state index in [1.807, 2.05) is 5.38 Å². The van der Waals surface area contributed by atoms with Crippen LogP contribution >= 0.6 is 11.3 Å². The number of aliphatic hydroxyl groups is 1. The van der Waals surface area contributed by atoms with E-state index in [-0.39, 0.29) is 17.4 Å². The van der Waals surface area contributed by atoms with Gasteiger partial charge in [0.15, 0.2) is 9.84 Å². The van der Waals surface area contributed by atoms with Crippen LogP contribution in [0.5, 0.6) is 0 Å². The van der Waals surface area contributed by atoms with Crippen LogP contribution in [0.3, 0.4) is 0 Å². The molecule has 2 rings (SSSR count). The molecule has 6 heteroatoms. The van der Waals surface area contributed by atoms with Crippen LogP contribution in [0, 0.1) is 5.92 Å². The van der Waals surface area contributed by atoms with Gasteiger partial charge in [-0.15, -0.1) is 11.3 Å². The predicted octanol–water partition coefficient (Wildman–Crippen LogP) is 0.871. The first-order valence-corrected chi connectivity index (χ1v) is 8.02. The molecule has 1 aliphatic rings. The van der Waals surface area contributed by atoms with Crippen LogP contribution in [0.15, 0.2) is 11.6 Å². The van der Waals surface area contributed by atoms with Gasteiger partial charge in [0.05, 0.1) is 22.6 Å². The van der Waals surface area contributed by atoms with Crippen molar-refractivity contribution in [2.45, 2.75) is 25.4 Å². The van der Waals surface area contributed by atoms with E-state index in [2.05, 4.69) is 4.98 Å². The monoisotopic (exact) mass is 261 g/mol. The smallest absolute Gasteiger partial charge is 0.150 e. The fourth-order valence-electron chi connectivity index (χ4n) is 2.08. The van der Waals surface area contributed by atoms with Gasteiger partial charge in [-0.05, 0) is 18.8 Å². The SMILES string of the molecule is O=S1(=O)CCC(CC(O)Cc2nccs2)C1. The summed E-state index contributed by atoms with van der Waals surface area (Å²) in [5.41, 5.74) is 0. The summed E-state index contributed by atoms with van der Waals surface area (Å²) in [5, 5.41) is 12.6. The molecule has 2 heterocycles. The first kappa shape index (κ1) is 12.0. The lowest BCUT2D eigenvalue weighted by molar-refractivity contribution is 0.147. The van der Waals surface area contributed by atoms with Crippen molar-refractivity contribution in [2.24, 2.45) is 5.92 Å². The Kier molecular flexibility index (Phi) is 3.61. The van der Waals surface area contributed by atoms with E-state index in [0.29, 0.717) is 19.3 Å². The van der Waals surface area contributed by atoms with Gasteiger partial charge in [0.25, 0.3) is 0 Å². The molecule has 0 bridgehead atoms. The van der Waals surface area contributed by atoms with Gasteiger partial charge in [0.2, 0.25) is 0 Å². The maximum atomic E-state index is 11.2. The first-order valence-electron chi connectivity index (χ1n) is 5.32. The maximum Gasteiger partial charge on any atom is 0.150 e. The first-order chi connectivity index (χ1) is 7.55. The number of hydrogen-bond donors (Lipinski definition) is 1. The highest BCUT2D eigenvalue weighted by Gasteiger charge is 2.29. The molecule has 0 saturated carbocycles. The molecule has 1 aromatic heterocycles. The third-order valence-corrected chi connectivity index (χ3v) is 5.46. The molecule has 90 valence electrons. The lowest BCUT2D eigenvalue weighted by Gasteiger charge is -2.12. The van der Waals surface area contributed by atoms with Crippen LogP contribution in [0.4, 0.5) is 0 Å². The summed E-state index contributed by atoms with van der Waals surface area (Å²) in [7, 11) is -2.83. The predicted molar refractivity (Wildman–Crippen MR) is 63.2 cm³/mol. The Labute approximate surface area is 99.3 Å². The lowest BCUT2D eigenvalue weighted by Crippen LogP contribution is -2.17. The second kappa shape index (κ2) is 4.81. The van der Waals surface area contributed by atoms with Crippen molar-refractivity contribution >= 4 is 21.2 Å². The summed E-state index contributed by atoms with van der Waals surface area (Å²) in [6.07, 6.45) is 3.04. The molecule has 0 spiro atoms. The third kappa shape index (κ3) is 3.26. The molecule has 1 N–H and O–H groups in total. The minimum Gasteiger partial charge on any atom is -0.393 e. The van der Waals surface area contributed by atoms with Gasteiger partial charge in [-0.2, -0.15) is 0 Å². The van der Waals surface area contributed by atoms with Gasteiger partial charge in [0.1, 0.15) is 0 Å². The molecular weight excluding hydrogens is 246 g/mol. The normalized spacial score (nSPS) is 25.7. The van der Waals surface area contributed by atoms with Crippen LogP contribution in [0.1, 0.15) is 17.8 Å². The summed E-state index contributed by atoms with van der Waals surface area (Å²) in [5.74, 6) is 0.642. The van der Waals surface area contributed by atoms with Gasteiger partial charge >= 0.3 is 0 Å². The average Bonchev–Trinajstić information content (AvgIpc) is 2.76. The molecule has 1 aromatic rings. The van der Waals surface area contributed by atoms with Gasteiger partial charge in [-0.3, -0.25) is 0 Å². The van der Waals surface area contributed by atoms with Gasteiger partial charge < -0.3 is 5.11 Å². The maximum absolute atomic E-state index is 11.2. The number of nitrogens with zero attached hydrogens (tertiary/aromatic N) is 1. The van der Waals surface area contributed by atoms with Gasteiger partial charge in [-0.1, -0.05) is 0 Å². The molecule has 0 amide bonds. The van der Waals surface area contributed by atoms with Gasteiger partial charge in [0, 0.05) is 18.0 Å². The van der Waals surface area contributed by atoms with E-state index in [1.165, 1.54) is 11.3 Å². The van der Waals surface area contributed by atoms with E-state index >= 15 is 0 Å². The van der Waals surface area contributed by atoms with E-state index in [1.54, 1.807) is 6.20 Å². The molecule has 1 fully saturated rings. The summed E-state index contributed by atoms with van der Waals surface area (Å²) in [4.78, 5) is 4.10. The molecule has 0 aromatic carbocycles. The van der Waals surface area contributed by atoms with Crippen LogP contribution < -0.4 is 0 Å². The fraction of sp³-hybridized carbons (Fsp3) is 0.700. The summed E-state index contributed by atoms with van der Waals surface area (Å²) in [6, 6.07) is 0. The van der Waals surface area contributed by atoms with Crippen LogP contribution in [0.25, 0.3) is 0 Å². The zero-order valence-corrected chi connectivity index (χ0v) is 10.5. The van der Waals surface area contributed by atoms with Crippen LogP contribution in [-0.2, 0) is 16.3 Å². The van der Waals surface area contributed by atoms with Crippen molar-refractivity contribution in [1.29, 1.82) is 0 Å². The van der Waals surface area contributed by atoms with Crippen molar-refractivity contribution in [2.75, 3.05) is 11.5 Å². The number of aliphatic hydroxyl groups excluding tert-OH is 1. The Bertz CT molecular complexity index is 427. The highest BCUT2D eigenvalue weighted by molar-refractivity contribution is 7.91. The van der Waals surface area contributed by atoms with E-state index in [9.17, 15) is 13.5 Å². The highest BCUT2D eigenvalue weighted by Crippen LogP contribution is 2.24. The molecule has 16 heavy (non-hydrogen) atoms. The number of aromatic nitrogens is 1. The second-order valence-corrected chi connectivity index (χ2v) is 7.50. The average molecular weight is 261 g/mol. The Balaban J connectivity index is 1.82. The van der Waals surface area contributed by atoms with Crippen molar-refractivity contribution in [3.63, 3.8) is 0 Å². The second-order valence-electron chi connectivity index (χ2n) is 4.29.